The number of aldehydes is 1. The molecule has 0 unspecified atom stereocenters. The van der Waals surface area contributed by atoms with Crippen molar-refractivity contribution in [2.75, 3.05) is 0 Å². The third-order valence-electron chi connectivity index (χ3n) is 3.84. The quantitative estimate of drug-likeness (QED) is 0.508. The maximum atomic E-state index is 11.6. The summed E-state index contributed by atoms with van der Waals surface area (Å²) in [6.45, 7) is 2.08. The molecule has 2 aromatic heterocycles. The molecule has 4 aromatic rings. The smallest absolute Gasteiger partial charge is 0.152 e. The molecular weight excluding hydrogens is 278 g/mol. The van der Waals surface area contributed by atoms with Gasteiger partial charge in [0.25, 0.3) is 0 Å². The molecular formula is C18H13NOS. The molecule has 4 rings (SSSR count). The van der Waals surface area contributed by atoms with Crippen molar-refractivity contribution in [1.29, 1.82) is 0 Å². The average Bonchev–Trinajstić information content (AvgIpc) is 3.10. The summed E-state index contributed by atoms with van der Waals surface area (Å²) in [5.74, 6) is 0. The second kappa shape index (κ2) is 4.57. The Kier molecular flexibility index (Phi) is 2.69. The van der Waals surface area contributed by atoms with Gasteiger partial charge in [0, 0.05) is 21.2 Å². The molecule has 0 spiro atoms. The highest BCUT2D eigenvalue weighted by Gasteiger charge is 2.15. The SMILES string of the molecule is Cc1ccc(-c2[nH]c3c(ccc4ccccc43)c2C=O)s1. The van der Waals surface area contributed by atoms with E-state index < -0.39 is 0 Å². The molecule has 0 saturated carbocycles. The van der Waals surface area contributed by atoms with E-state index in [4.69, 9.17) is 0 Å². The Hall–Kier alpha value is -2.39. The Bertz CT molecular complexity index is 977. The minimum Gasteiger partial charge on any atom is -0.353 e. The Morgan fingerprint density at radius 3 is 2.62 bits per heavy atom. The fourth-order valence-electron chi connectivity index (χ4n) is 2.84. The van der Waals surface area contributed by atoms with E-state index in [1.807, 2.05) is 18.2 Å². The highest BCUT2D eigenvalue weighted by Crippen LogP contribution is 2.36. The van der Waals surface area contributed by atoms with Crippen molar-refractivity contribution in [1.82, 2.24) is 4.98 Å². The molecule has 0 fully saturated rings. The molecule has 21 heavy (non-hydrogen) atoms. The Morgan fingerprint density at radius 1 is 1.00 bits per heavy atom. The molecule has 102 valence electrons. The van der Waals surface area contributed by atoms with Crippen LogP contribution in [0.2, 0.25) is 0 Å². The zero-order valence-corrected chi connectivity index (χ0v) is 12.3. The second-order valence-corrected chi connectivity index (χ2v) is 6.44. The monoisotopic (exact) mass is 291 g/mol. The first-order chi connectivity index (χ1) is 10.3. The molecule has 0 aliphatic carbocycles. The third-order valence-corrected chi connectivity index (χ3v) is 4.86. The predicted octanol–water partition coefficient (Wildman–Crippen LogP) is 5.17. The van der Waals surface area contributed by atoms with E-state index in [-0.39, 0.29) is 0 Å². The summed E-state index contributed by atoms with van der Waals surface area (Å²) in [5, 5.41) is 3.32. The number of benzene rings is 2. The van der Waals surface area contributed by atoms with Crippen LogP contribution in [0, 0.1) is 6.92 Å². The van der Waals surface area contributed by atoms with Gasteiger partial charge in [0.2, 0.25) is 0 Å². The van der Waals surface area contributed by atoms with Crippen molar-refractivity contribution in [3.05, 3.63) is 59.0 Å². The summed E-state index contributed by atoms with van der Waals surface area (Å²) in [6, 6.07) is 16.5. The van der Waals surface area contributed by atoms with Gasteiger partial charge in [-0.15, -0.1) is 11.3 Å². The number of H-pyrrole nitrogens is 1. The number of carbonyl (C=O) groups excluding carboxylic acids is 1. The van der Waals surface area contributed by atoms with Gasteiger partial charge in [0.1, 0.15) is 0 Å². The van der Waals surface area contributed by atoms with Gasteiger partial charge in [0.15, 0.2) is 6.29 Å². The maximum absolute atomic E-state index is 11.6. The summed E-state index contributed by atoms with van der Waals surface area (Å²) in [6.07, 6.45) is 0.956. The summed E-state index contributed by atoms with van der Waals surface area (Å²) in [5.41, 5.74) is 2.71. The normalized spacial score (nSPS) is 11.3. The first kappa shape index (κ1) is 12.4. The number of nitrogens with one attached hydrogen (secondary N) is 1. The second-order valence-electron chi connectivity index (χ2n) is 5.15. The summed E-state index contributed by atoms with van der Waals surface area (Å²) in [4.78, 5) is 17.4. The zero-order chi connectivity index (χ0) is 14.4. The standard InChI is InChI=1S/C18H13NOS/c1-11-6-9-16(21-11)18-15(10-20)14-8-7-12-4-2-3-5-13(12)17(14)19-18/h2-10,19H,1H3. The van der Waals surface area contributed by atoms with Crippen molar-refractivity contribution in [2.24, 2.45) is 0 Å². The van der Waals surface area contributed by atoms with E-state index in [0.717, 1.165) is 38.7 Å². The Morgan fingerprint density at radius 2 is 1.86 bits per heavy atom. The van der Waals surface area contributed by atoms with E-state index in [9.17, 15) is 4.79 Å². The summed E-state index contributed by atoms with van der Waals surface area (Å²) < 4.78 is 0. The van der Waals surface area contributed by atoms with Gasteiger partial charge in [0.05, 0.1) is 16.1 Å². The molecule has 0 atom stereocenters. The fraction of sp³-hybridized carbons (Fsp3) is 0.0556. The van der Waals surface area contributed by atoms with Crippen LogP contribution in [-0.4, -0.2) is 11.3 Å². The van der Waals surface area contributed by atoms with Gasteiger partial charge in [-0.25, -0.2) is 0 Å². The van der Waals surface area contributed by atoms with Gasteiger partial charge in [-0.2, -0.15) is 0 Å². The van der Waals surface area contributed by atoms with Crippen LogP contribution in [-0.2, 0) is 0 Å². The lowest BCUT2D eigenvalue weighted by Crippen LogP contribution is -1.80. The number of rotatable bonds is 2. The van der Waals surface area contributed by atoms with Crippen molar-refractivity contribution < 1.29 is 4.79 Å². The Balaban J connectivity index is 2.12. The van der Waals surface area contributed by atoms with Crippen molar-refractivity contribution >= 4 is 39.3 Å². The molecule has 2 aromatic carbocycles. The van der Waals surface area contributed by atoms with Crippen molar-refractivity contribution in [2.45, 2.75) is 6.92 Å². The number of aromatic nitrogens is 1. The third kappa shape index (κ3) is 1.82. The molecule has 3 heteroatoms. The van der Waals surface area contributed by atoms with Crippen molar-refractivity contribution in [3.8, 4) is 10.6 Å². The number of aromatic amines is 1. The van der Waals surface area contributed by atoms with E-state index >= 15 is 0 Å². The number of aryl methyl sites for hydroxylation is 1. The van der Waals surface area contributed by atoms with Crippen LogP contribution < -0.4 is 0 Å². The van der Waals surface area contributed by atoms with E-state index in [2.05, 4.69) is 42.2 Å². The molecule has 0 radical (unpaired) electrons. The molecule has 2 nitrogen and oxygen atoms in total. The highest BCUT2D eigenvalue weighted by molar-refractivity contribution is 7.15. The predicted molar refractivity (Wildman–Crippen MR) is 89.2 cm³/mol. The molecule has 2 heterocycles. The van der Waals surface area contributed by atoms with Crippen LogP contribution >= 0.6 is 11.3 Å². The van der Waals surface area contributed by atoms with E-state index in [1.165, 1.54) is 10.3 Å². The number of hydrogen-bond donors (Lipinski definition) is 1. The van der Waals surface area contributed by atoms with Gasteiger partial charge in [-0.1, -0.05) is 36.4 Å². The van der Waals surface area contributed by atoms with Crippen LogP contribution in [0.5, 0.6) is 0 Å². The number of fused-ring (bicyclic) bond motifs is 3. The van der Waals surface area contributed by atoms with Crippen LogP contribution in [0.15, 0.2) is 48.5 Å². The fourth-order valence-corrected chi connectivity index (χ4v) is 3.73. The minimum atomic E-state index is 0.748. The van der Waals surface area contributed by atoms with Gasteiger partial charge >= 0.3 is 0 Å². The molecule has 1 N–H and O–H groups in total. The highest BCUT2D eigenvalue weighted by atomic mass is 32.1. The largest absolute Gasteiger partial charge is 0.353 e. The first-order valence-corrected chi connectivity index (χ1v) is 7.65. The molecule has 0 saturated heterocycles. The zero-order valence-electron chi connectivity index (χ0n) is 11.5. The number of carbonyl (C=O) groups is 1. The average molecular weight is 291 g/mol. The van der Waals surface area contributed by atoms with Crippen LogP contribution in [0.1, 0.15) is 15.2 Å². The summed E-state index contributed by atoms with van der Waals surface area (Å²) in [7, 11) is 0. The van der Waals surface area contributed by atoms with Crippen LogP contribution in [0.4, 0.5) is 0 Å². The lowest BCUT2D eigenvalue weighted by Gasteiger charge is -1.98. The van der Waals surface area contributed by atoms with Crippen LogP contribution in [0.25, 0.3) is 32.2 Å². The number of thiophene rings is 1. The first-order valence-electron chi connectivity index (χ1n) is 6.83. The molecule has 0 aliphatic heterocycles. The summed E-state index contributed by atoms with van der Waals surface area (Å²) >= 11 is 1.70. The minimum absolute atomic E-state index is 0.748. The maximum Gasteiger partial charge on any atom is 0.152 e. The van der Waals surface area contributed by atoms with E-state index in [1.54, 1.807) is 11.3 Å². The van der Waals surface area contributed by atoms with Gasteiger partial charge in [-0.05, 0) is 24.4 Å². The topological polar surface area (TPSA) is 32.9 Å². The molecule has 0 bridgehead atoms. The van der Waals surface area contributed by atoms with Crippen molar-refractivity contribution in [3.63, 3.8) is 0 Å². The van der Waals surface area contributed by atoms with E-state index in [0.29, 0.717) is 0 Å². The molecule has 0 aliphatic rings. The van der Waals surface area contributed by atoms with Crippen LogP contribution in [0.3, 0.4) is 0 Å². The lowest BCUT2D eigenvalue weighted by molar-refractivity contribution is 0.112. The number of hydrogen-bond acceptors (Lipinski definition) is 2. The van der Waals surface area contributed by atoms with Gasteiger partial charge in [-0.3, -0.25) is 4.79 Å². The van der Waals surface area contributed by atoms with Gasteiger partial charge < -0.3 is 4.98 Å². The molecule has 0 amide bonds. The Labute approximate surface area is 126 Å². The lowest BCUT2D eigenvalue weighted by atomic mass is 10.1.